The van der Waals surface area contributed by atoms with E-state index in [-0.39, 0.29) is 17.6 Å². The molecule has 1 fully saturated rings. The lowest BCUT2D eigenvalue weighted by atomic mass is 10.1. The van der Waals surface area contributed by atoms with Crippen molar-refractivity contribution in [3.05, 3.63) is 23.8 Å². The summed E-state index contributed by atoms with van der Waals surface area (Å²) in [7, 11) is -1.33. The van der Waals surface area contributed by atoms with E-state index >= 15 is 0 Å². The topological polar surface area (TPSA) is 64.6 Å². The molecule has 0 bridgehead atoms. The molecule has 1 atom stereocenters. The van der Waals surface area contributed by atoms with Crippen LogP contribution in [0.15, 0.2) is 18.2 Å². The molecule has 1 unspecified atom stereocenters. The van der Waals surface area contributed by atoms with Gasteiger partial charge in [-0.3, -0.25) is 0 Å². The normalized spacial score (nSPS) is 20.4. The molecule has 1 heterocycles. The number of benzene rings is 1. The summed E-state index contributed by atoms with van der Waals surface area (Å²) in [5, 5.41) is 3.33. The van der Waals surface area contributed by atoms with Crippen molar-refractivity contribution >= 4 is 9.84 Å². The zero-order chi connectivity index (χ0) is 15.3. The molecule has 2 rings (SSSR count). The summed E-state index contributed by atoms with van der Waals surface area (Å²) >= 11 is 0. The van der Waals surface area contributed by atoms with Crippen molar-refractivity contribution in [3.8, 4) is 11.5 Å². The van der Waals surface area contributed by atoms with E-state index in [0.717, 1.165) is 18.5 Å². The minimum absolute atomic E-state index is 0.103. The predicted molar refractivity (Wildman–Crippen MR) is 82.7 cm³/mol. The summed E-state index contributed by atoms with van der Waals surface area (Å²) in [6.45, 7) is 3.75. The van der Waals surface area contributed by atoms with Gasteiger partial charge in [0.15, 0.2) is 9.84 Å². The molecule has 1 N–H and O–H groups in total. The lowest BCUT2D eigenvalue weighted by Crippen LogP contribution is -2.20. The second kappa shape index (κ2) is 7.13. The van der Waals surface area contributed by atoms with Gasteiger partial charge in [0.25, 0.3) is 0 Å². The molecule has 0 aliphatic carbocycles. The Hall–Kier alpha value is -1.27. The van der Waals surface area contributed by atoms with Gasteiger partial charge in [0, 0.05) is 18.2 Å². The van der Waals surface area contributed by atoms with E-state index in [1.165, 1.54) is 0 Å². The smallest absolute Gasteiger partial charge is 0.154 e. The molecule has 5 nitrogen and oxygen atoms in total. The molecule has 21 heavy (non-hydrogen) atoms. The number of hydrogen-bond donors (Lipinski definition) is 1. The van der Waals surface area contributed by atoms with Crippen LogP contribution in [-0.4, -0.2) is 39.7 Å². The zero-order valence-electron chi connectivity index (χ0n) is 12.6. The minimum Gasteiger partial charge on any atom is -0.497 e. The lowest BCUT2D eigenvalue weighted by Gasteiger charge is -2.17. The van der Waals surface area contributed by atoms with Gasteiger partial charge in [-0.25, -0.2) is 8.42 Å². The molecule has 0 radical (unpaired) electrons. The zero-order valence-corrected chi connectivity index (χ0v) is 13.4. The van der Waals surface area contributed by atoms with Crippen molar-refractivity contribution in [2.75, 3.05) is 25.2 Å². The highest BCUT2D eigenvalue weighted by Gasteiger charge is 2.29. The van der Waals surface area contributed by atoms with Crippen LogP contribution in [0.1, 0.15) is 25.3 Å². The Morgan fingerprint density at radius 2 is 2.19 bits per heavy atom. The second-order valence-corrected chi connectivity index (χ2v) is 7.52. The molecule has 0 saturated carbocycles. The van der Waals surface area contributed by atoms with E-state index in [9.17, 15) is 8.42 Å². The SMILES string of the molecule is CCCNCc1ccc(OC)cc1OC1CCS(=O)(=O)C1. The highest BCUT2D eigenvalue weighted by atomic mass is 32.2. The summed E-state index contributed by atoms with van der Waals surface area (Å²) in [6, 6.07) is 5.68. The molecule has 0 amide bonds. The molecule has 1 aromatic rings. The monoisotopic (exact) mass is 313 g/mol. The van der Waals surface area contributed by atoms with Gasteiger partial charge in [-0.2, -0.15) is 0 Å². The average molecular weight is 313 g/mol. The standard InChI is InChI=1S/C15H23NO4S/c1-3-7-16-10-12-4-5-13(19-2)9-15(12)20-14-6-8-21(17,18)11-14/h4-5,9,14,16H,3,6-8,10-11H2,1-2H3. The molecule has 0 spiro atoms. The Morgan fingerprint density at radius 1 is 1.38 bits per heavy atom. The Labute approximate surface area is 126 Å². The van der Waals surface area contributed by atoms with Gasteiger partial charge in [-0.15, -0.1) is 0 Å². The summed E-state index contributed by atoms with van der Waals surface area (Å²) in [6.07, 6.45) is 1.36. The average Bonchev–Trinajstić information content (AvgIpc) is 2.79. The van der Waals surface area contributed by atoms with Gasteiger partial charge in [0.1, 0.15) is 17.6 Å². The fourth-order valence-electron chi connectivity index (χ4n) is 2.35. The maximum Gasteiger partial charge on any atom is 0.154 e. The van der Waals surface area contributed by atoms with Crippen molar-refractivity contribution in [3.63, 3.8) is 0 Å². The van der Waals surface area contributed by atoms with Crippen molar-refractivity contribution in [1.82, 2.24) is 5.32 Å². The van der Waals surface area contributed by atoms with E-state index < -0.39 is 9.84 Å². The summed E-state index contributed by atoms with van der Waals surface area (Å²) in [5.74, 6) is 1.74. The molecule has 6 heteroatoms. The molecular weight excluding hydrogens is 290 g/mol. The highest BCUT2D eigenvalue weighted by Crippen LogP contribution is 2.28. The first-order valence-electron chi connectivity index (χ1n) is 7.29. The maximum atomic E-state index is 11.5. The van der Waals surface area contributed by atoms with Crippen molar-refractivity contribution in [2.24, 2.45) is 0 Å². The molecule has 1 aliphatic rings. The predicted octanol–water partition coefficient (Wildman–Crippen LogP) is 1.76. The Kier molecular flexibility index (Phi) is 5.47. The second-order valence-electron chi connectivity index (χ2n) is 5.29. The van der Waals surface area contributed by atoms with Gasteiger partial charge in [0.05, 0.1) is 18.6 Å². The Balaban J connectivity index is 2.11. The molecular formula is C15H23NO4S. The van der Waals surface area contributed by atoms with Crippen LogP contribution in [0.4, 0.5) is 0 Å². The molecule has 1 aromatic carbocycles. The van der Waals surface area contributed by atoms with Crippen LogP contribution in [0.25, 0.3) is 0 Å². The quantitative estimate of drug-likeness (QED) is 0.777. The highest BCUT2D eigenvalue weighted by molar-refractivity contribution is 7.91. The number of nitrogens with one attached hydrogen (secondary N) is 1. The van der Waals surface area contributed by atoms with E-state index in [1.807, 2.05) is 18.2 Å². The van der Waals surface area contributed by atoms with E-state index in [0.29, 0.717) is 24.5 Å². The van der Waals surface area contributed by atoms with Gasteiger partial charge >= 0.3 is 0 Å². The fourth-order valence-corrected chi connectivity index (χ4v) is 3.94. The summed E-state index contributed by atoms with van der Waals surface area (Å²) in [5.41, 5.74) is 1.02. The van der Waals surface area contributed by atoms with E-state index in [4.69, 9.17) is 9.47 Å². The van der Waals surface area contributed by atoms with Crippen molar-refractivity contribution < 1.29 is 17.9 Å². The summed E-state index contributed by atoms with van der Waals surface area (Å²) in [4.78, 5) is 0. The minimum atomic E-state index is -2.94. The van der Waals surface area contributed by atoms with Gasteiger partial charge in [-0.05, 0) is 25.5 Å². The molecule has 118 valence electrons. The number of hydrogen-bond acceptors (Lipinski definition) is 5. The number of ether oxygens (including phenoxy) is 2. The largest absolute Gasteiger partial charge is 0.497 e. The molecule has 1 saturated heterocycles. The number of methoxy groups -OCH3 is 1. The van der Waals surface area contributed by atoms with Crippen LogP contribution in [0.5, 0.6) is 11.5 Å². The van der Waals surface area contributed by atoms with Crippen LogP contribution >= 0.6 is 0 Å². The Morgan fingerprint density at radius 3 is 2.81 bits per heavy atom. The Bertz CT molecular complexity index is 571. The van der Waals surface area contributed by atoms with Crippen LogP contribution in [0.3, 0.4) is 0 Å². The fraction of sp³-hybridized carbons (Fsp3) is 0.600. The van der Waals surface area contributed by atoms with E-state index in [1.54, 1.807) is 7.11 Å². The third-order valence-electron chi connectivity index (χ3n) is 3.50. The van der Waals surface area contributed by atoms with Gasteiger partial charge < -0.3 is 14.8 Å². The third-order valence-corrected chi connectivity index (χ3v) is 5.24. The maximum absolute atomic E-state index is 11.5. The van der Waals surface area contributed by atoms with Crippen molar-refractivity contribution in [2.45, 2.75) is 32.4 Å². The first-order valence-corrected chi connectivity index (χ1v) is 9.11. The van der Waals surface area contributed by atoms with Crippen LogP contribution in [0, 0.1) is 0 Å². The summed E-state index contributed by atoms with van der Waals surface area (Å²) < 4.78 is 34.2. The lowest BCUT2D eigenvalue weighted by molar-refractivity contribution is 0.225. The molecule has 0 aromatic heterocycles. The number of sulfone groups is 1. The van der Waals surface area contributed by atoms with Crippen LogP contribution in [-0.2, 0) is 16.4 Å². The van der Waals surface area contributed by atoms with Crippen molar-refractivity contribution in [1.29, 1.82) is 0 Å². The van der Waals surface area contributed by atoms with Gasteiger partial charge in [0.2, 0.25) is 0 Å². The van der Waals surface area contributed by atoms with Gasteiger partial charge in [-0.1, -0.05) is 13.0 Å². The third kappa shape index (κ3) is 4.61. The number of rotatable bonds is 7. The van der Waals surface area contributed by atoms with E-state index in [2.05, 4.69) is 12.2 Å². The molecule has 1 aliphatic heterocycles. The first kappa shape index (κ1) is 16.1. The van der Waals surface area contributed by atoms with Crippen LogP contribution in [0.2, 0.25) is 0 Å². The first-order chi connectivity index (χ1) is 10.0. The van der Waals surface area contributed by atoms with Crippen LogP contribution < -0.4 is 14.8 Å².